The van der Waals surface area contributed by atoms with Gasteiger partial charge in [0, 0.05) is 30.9 Å². The molecule has 1 aromatic heterocycles. The van der Waals surface area contributed by atoms with Gasteiger partial charge in [0.2, 0.25) is 0 Å². The summed E-state index contributed by atoms with van der Waals surface area (Å²) in [5.74, 6) is 1.13. The zero-order valence-electron chi connectivity index (χ0n) is 11.1. The van der Waals surface area contributed by atoms with E-state index in [1.807, 2.05) is 0 Å². The van der Waals surface area contributed by atoms with Crippen LogP contribution in [0.4, 0.5) is 5.82 Å². The van der Waals surface area contributed by atoms with Crippen molar-refractivity contribution >= 4 is 5.82 Å². The number of fused-ring (bicyclic) bond motifs is 1. The third-order valence-electron chi connectivity index (χ3n) is 4.06. The minimum atomic E-state index is 0.592. The van der Waals surface area contributed by atoms with Crippen LogP contribution < -0.4 is 10.6 Å². The first kappa shape index (κ1) is 11.7. The monoisotopic (exact) mass is 243 g/mol. The largest absolute Gasteiger partial charge is 0.352 e. The highest BCUT2D eigenvalue weighted by Crippen LogP contribution is 2.28. The molecule has 3 heteroatoms. The molecule has 1 aliphatic heterocycles. The van der Waals surface area contributed by atoms with Crippen LogP contribution in [0.3, 0.4) is 0 Å². The highest BCUT2D eigenvalue weighted by molar-refractivity contribution is 5.52. The molecule has 2 heterocycles. The summed E-state index contributed by atoms with van der Waals surface area (Å²) >= 11 is 0. The maximum atomic E-state index is 5.90. The van der Waals surface area contributed by atoms with Crippen LogP contribution in [0, 0.1) is 0 Å². The van der Waals surface area contributed by atoms with Crippen molar-refractivity contribution in [3.8, 4) is 0 Å². The van der Waals surface area contributed by atoms with Crippen LogP contribution in [0.1, 0.15) is 36.6 Å². The van der Waals surface area contributed by atoms with Gasteiger partial charge in [-0.15, -0.1) is 0 Å². The Morgan fingerprint density at radius 2 is 2.22 bits per heavy atom. The van der Waals surface area contributed by atoms with E-state index in [-0.39, 0.29) is 0 Å². The quantitative estimate of drug-likeness (QED) is 0.810. The molecule has 2 N–H and O–H groups in total. The second-order valence-electron chi connectivity index (χ2n) is 5.38. The standard InChI is InChI=1S/C15H21N3/c1-11-5-7-18(8-6-11)15-13(10-16)9-12-3-2-4-14(12)17-15/h5,9H,2-4,6-8,10,16H2,1H3. The molecule has 1 aromatic rings. The smallest absolute Gasteiger partial charge is 0.133 e. The van der Waals surface area contributed by atoms with E-state index in [1.165, 1.54) is 35.2 Å². The van der Waals surface area contributed by atoms with Crippen molar-refractivity contribution in [1.29, 1.82) is 0 Å². The lowest BCUT2D eigenvalue weighted by Crippen LogP contribution is -2.30. The lowest BCUT2D eigenvalue weighted by molar-refractivity contribution is 0.763. The average Bonchev–Trinajstić information content (AvgIpc) is 2.85. The highest BCUT2D eigenvalue weighted by atomic mass is 15.2. The molecule has 0 radical (unpaired) electrons. The molecule has 0 amide bonds. The molecule has 0 saturated heterocycles. The highest BCUT2D eigenvalue weighted by Gasteiger charge is 2.20. The van der Waals surface area contributed by atoms with Gasteiger partial charge in [0.25, 0.3) is 0 Å². The summed E-state index contributed by atoms with van der Waals surface area (Å²) in [5, 5.41) is 0. The zero-order chi connectivity index (χ0) is 12.5. The predicted octanol–water partition coefficient (Wildman–Crippen LogP) is 2.19. The van der Waals surface area contributed by atoms with Crippen LogP contribution in [-0.2, 0) is 19.4 Å². The van der Waals surface area contributed by atoms with Gasteiger partial charge in [-0.3, -0.25) is 0 Å². The van der Waals surface area contributed by atoms with Gasteiger partial charge in [-0.05, 0) is 44.2 Å². The number of pyridine rings is 1. The molecule has 96 valence electrons. The Hall–Kier alpha value is -1.35. The number of nitrogens with zero attached hydrogens (tertiary/aromatic N) is 2. The van der Waals surface area contributed by atoms with Gasteiger partial charge in [0.15, 0.2) is 0 Å². The van der Waals surface area contributed by atoms with Crippen molar-refractivity contribution in [1.82, 2.24) is 4.98 Å². The first-order valence-corrected chi connectivity index (χ1v) is 6.90. The van der Waals surface area contributed by atoms with Crippen LogP contribution in [0.2, 0.25) is 0 Å². The van der Waals surface area contributed by atoms with Gasteiger partial charge >= 0.3 is 0 Å². The molecule has 0 fully saturated rings. The maximum Gasteiger partial charge on any atom is 0.133 e. The summed E-state index contributed by atoms with van der Waals surface area (Å²) in [7, 11) is 0. The molecule has 0 unspecified atom stereocenters. The summed E-state index contributed by atoms with van der Waals surface area (Å²) in [5.41, 5.74) is 11.3. The lowest BCUT2D eigenvalue weighted by Gasteiger charge is -2.28. The van der Waals surface area contributed by atoms with Gasteiger partial charge in [0.1, 0.15) is 5.82 Å². The number of nitrogens with two attached hydrogens (primary N) is 1. The van der Waals surface area contributed by atoms with E-state index in [2.05, 4.69) is 24.0 Å². The Balaban J connectivity index is 1.96. The van der Waals surface area contributed by atoms with Crippen LogP contribution >= 0.6 is 0 Å². The fourth-order valence-electron chi connectivity index (χ4n) is 2.90. The van der Waals surface area contributed by atoms with E-state index < -0.39 is 0 Å². The second kappa shape index (κ2) is 4.73. The molecular weight excluding hydrogens is 222 g/mol. The van der Waals surface area contributed by atoms with Gasteiger partial charge in [-0.2, -0.15) is 0 Å². The Bertz CT molecular complexity index is 491. The minimum Gasteiger partial charge on any atom is -0.352 e. The number of aromatic nitrogens is 1. The first-order valence-electron chi connectivity index (χ1n) is 6.90. The van der Waals surface area contributed by atoms with Crippen molar-refractivity contribution < 1.29 is 0 Å². The molecule has 0 bridgehead atoms. The van der Waals surface area contributed by atoms with Gasteiger partial charge in [-0.25, -0.2) is 4.98 Å². The lowest BCUT2D eigenvalue weighted by atomic mass is 10.1. The van der Waals surface area contributed by atoms with E-state index in [0.29, 0.717) is 6.54 Å². The average molecular weight is 243 g/mol. The molecule has 1 aliphatic carbocycles. The Labute approximate surface area is 109 Å². The van der Waals surface area contributed by atoms with E-state index >= 15 is 0 Å². The summed E-state index contributed by atoms with van der Waals surface area (Å²) < 4.78 is 0. The first-order chi connectivity index (χ1) is 8.78. The van der Waals surface area contributed by atoms with Crippen LogP contribution in [0.15, 0.2) is 17.7 Å². The number of rotatable bonds is 2. The summed E-state index contributed by atoms with van der Waals surface area (Å²) in [4.78, 5) is 7.26. The normalized spacial score (nSPS) is 18.8. The van der Waals surface area contributed by atoms with Crippen molar-refractivity contribution in [2.45, 2.75) is 39.2 Å². The summed E-state index contributed by atoms with van der Waals surface area (Å²) in [6.07, 6.45) is 7.00. The molecule has 0 spiro atoms. The maximum absolute atomic E-state index is 5.90. The zero-order valence-corrected chi connectivity index (χ0v) is 11.1. The molecule has 0 aromatic carbocycles. The fraction of sp³-hybridized carbons (Fsp3) is 0.533. The number of hydrogen-bond donors (Lipinski definition) is 1. The van der Waals surface area contributed by atoms with Crippen molar-refractivity contribution in [3.05, 3.63) is 34.5 Å². The second-order valence-corrected chi connectivity index (χ2v) is 5.38. The Morgan fingerprint density at radius 1 is 1.33 bits per heavy atom. The molecule has 3 nitrogen and oxygen atoms in total. The minimum absolute atomic E-state index is 0.592. The van der Waals surface area contributed by atoms with E-state index in [0.717, 1.165) is 31.7 Å². The van der Waals surface area contributed by atoms with E-state index in [1.54, 1.807) is 0 Å². The molecule has 0 saturated carbocycles. The topological polar surface area (TPSA) is 42.2 Å². The van der Waals surface area contributed by atoms with E-state index in [9.17, 15) is 0 Å². The van der Waals surface area contributed by atoms with Crippen molar-refractivity contribution in [2.75, 3.05) is 18.0 Å². The molecular formula is C15H21N3. The summed E-state index contributed by atoms with van der Waals surface area (Å²) in [6, 6.07) is 2.29. The molecule has 2 aliphatic rings. The van der Waals surface area contributed by atoms with Crippen LogP contribution in [-0.4, -0.2) is 18.1 Å². The number of anilines is 1. The van der Waals surface area contributed by atoms with Gasteiger partial charge in [-0.1, -0.05) is 11.6 Å². The Kier molecular flexibility index (Phi) is 3.08. The Morgan fingerprint density at radius 3 is 2.94 bits per heavy atom. The third-order valence-corrected chi connectivity index (χ3v) is 4.06. The van der Waals surface area contributed by atoms with Crippen molar-refractivity contribution in [2.24, 2.45) is 5.73 Å². The fourth-order valence-corrected chi connectivity index (χ4v) is 2.90. The van der Waals surface area contributed by atoms with Gasteiger partial charge < -0.3 is 10.6 Å². The van der Waals surface area contributed by atoms with Crippen LogP contribution in [0.5, 0.6) is 0 Å². The summed E-state index contributed by atoms with van der Waals surface area (Å²) in [6.45, 7) is 4.85. The number of aryl methyl sites for hydroxylation is 2. The van der Waals surface area contributed by atoms with Crippen molar-refractivity contribution in [3.63, 3.8) is 0 Å². The predicted molar refractivity (Wildman–Crippen MR) is 74.7 cm³/mol. The SMILES string of the molecule is CC1=CCN(c2nc3c(cc2CN)CCC3)CC1. The molecule has 3 rings (SSSR count). The third kappa shape index (κ3) is 2.03. The number of hydrogen-bond acceptors (Lipinski definition) is 3. The molecule has 0 atom stereocenters. The van der Waals surface area contributed by atoms with E-state index in [4.69, 9.17) is 10.7 Å². The molecule has 18 heavy (non-hydrogen) atoms. The van der Waals surface area contributed by atoms with Gasteiger partial charge in [0.05, 0.1) is 0 Å². The van der Waals surface area contributed by atoms with Crippen LogP contribution in [0.25, 0.3) is 0 Å².